The first kappa shape index (κ1) is 19.2. The Hall–Kier alpha value is -2.09. The Morgan fingerprint density at radius 2 is 1.92 bits per heavy atom. The second kappa shape index (κ2) is 8.33. The molecule has 1 aromatic carbocycles. The summed E-state index contributed by atoms with van der Waals surface area (Å²) in [7, 11) is -3.08. The number of nitrogens with one attached hydrogen (secondary N) is 2. The molecule has 1 heterocycles. The van der Waals surface area contributed by atoms with Crippen LogP contribution in [0, 0.1) is 5.92 Å². The van der Waals surface area contributed by atoms with Gasteiger partial charge in [0.15, 0.2) is 9.84 Å². The Morgan fingerprint density at radius 1 is 1.24 bits per heavy atom. The summed E-state index contributed by atoms with van der Waals surface area (Å²) in [4.78, 5) is 24.4. The van der Waals surface area contributed by atoms with Crippen LogP contribution >= 0.6 is 0 Å². The normalized spacial score (nSPS) is 20.0. The molecule has 0 aliphatic carbocycles. The van der Waals surface area contributed by atoms with E-state index in [1.807, 2.05) is 30.3 Å². The van der Waals surface area contributed by atoms with Gasteiger partial charge in [-0.3, -0.25) is 4.79 Å². The van der Waals surface area contributed by atoms with Crippen LogP contribution in [0.5, 0.6) is 0 Å². The van der Waals surface area contributed by atoms with Crippen molar-refractivity contribution in [1.29, 1.82) is 0 Å². The zero-order valence-corrected chi connectivity index (χ0v) is 15.2. The minimum atomic E-state index is -3.08. The van der Waals surface area contributed by atoms with E-state index in [0.29, 0.717) is 6.42 Å². The van der Waals surface area contributed by atoms with E-state index in [2.05, 4.69) is 10.6 Å². The molecule has 0 spiro atoms. The van der Waals surface area contributed by atoms with Crippen molar-refractivity contribution in [3.05, 3.63) is 35.9 Å². The quantitative estimate of drug-likeness (QED) is 0.787. The summed E-state index contributed by atoms with van der Waals surface area (Å²) < 4.78 is 28.1. The first-order valence-electron chi connectivity index (χ1n) is 8.25. The third-order valence-corrected chi connectivity index (χ3v) is 5.78. The lowest BCUT2D eigenvalue weighted by Crippen LogP contribution is -2.52. The van der Waals surface area contributed by atoms with Crippen LogP contribution in [0.3, 0.4) is 0 Å². The van der Waals surface area contributed by atoms with Crippen molar-refractivity contribution >= 4 is 21.8 Å². The molecule has 0 bridgehead atoms. The summed E-state index contributed by atoms with van der Waals surface area (Å²) in [6.07, 6.45) is -0.283. The molecule has 138 valence electrons. The highest BCUT2D eigenvalue weighted by Gasteiger charge is 2.32. The van der Waals surface area contributed by atoms with Gasteiger partial charge in [0.25, 0.3) is 0 Å². The summed E-state index contributed by atoms with van der Waals surface area (Å²) in [5, 5.41) is 5.27. The molecule has 1 aliphatic heterocycles. The van der Waals surface area contributed by atoms with E-state index in [0.717, 1.165) is 5.56 Å². The molecule has 0 unspecified atom stereocenters. The molecule has 2 rings (SSSR count). The second-order valence-corrected chi connectivity index (χ2v) is 8.77. The fourth-order valence-electron chi connectivity index (χ4n) is 2.63. The molecular formula is C17H24N2O5S. The Balaban J connectivity index is 1.86. The van der Waals surface area contributed by atoms with Crippen LogP contribution in [0.4, 0.5) is 4.79 Å². The van der Waals surface area contributed by atoms with Crippen molar-refractivity contribution < 1.29 is 22.7 Å². The molecule has 1 aliphatic rings. The van der Waals surface area contributed by atoms with Gasteiger partial charge in [-0.15, -0.1) is 0 Å². The van der Waals surface area contributed by atoms with Crippen molar-refractivity contribution in [1.82, 2.24) is 10.6 Å². The zero-order valence-electron chi connectivity index (χ0n) is 14.4. The molecule has 1 aromatic rings. The number of alkyl carbamates (subject to hydrolysis) is 1. The van der Waals surface area contributed by atoms with Gasteiger partial charge in [0.05, 0.1) is 11.5 Å². The minimum Gasteiger partial charge on any atom is -0.445 e. The maximum absolute atomic E-state index is 12.4. The number of rotatable bonds is 6. The van der Waals surface area contributed by atoms with Crippen molar-refractivity contribution in [3.8, 4) is 0 Å². The number of ether oxygens (including phenoxy) is 1. The van der Waals surface area contributed by atoms with E-state index in [4.69, 9.17) is 4.74 Å². The SMILES string of the molecule is CC(C)[C@H](NC(=O)OCc1ccccc1)C(=O)N[C@H]1CCS(=O)(=O)C1. The first-order valence-corrected chi connectivity index (χ1v) is 10.1. The summed E-state index contributed by atoms with van der Waals surface area (Å²) >= 11 is 0. The number of benzene rings is 1. The molecular weight excluding hydrogens is 344 g/mol. The van der Waals surface area contributed by atoms with E-state index >= 15 is 0 Å². The third kappa shape index (κ3) is 6.04. The fourth-order valence-corrected chi connectivity index (χ4v) is 4.30. The van der Waals surface area contributed by atoms with Crippen LogP contribution in [0.25, 0.3) is 0 Å². The lowest BCUT2D eigenvalue weighted by Gasteiger charge is -2.23. The van der Waals surface area contributed by atoms with Gasteiger partial charge in [0, 0.05) is 6.04 Å². The maximum Gasteiger partial charge on any atom is 0.408 e. The average molecular weight is 368 g/mol. The predicted octanol–water partition coefficient (Wildman–Crippen LogP) is 1.24. The van der Waals surface area contributed by atoms with Gasteiger partial charge in [-0.05, 0) is 17.9 Å². The molecule has 1 saturated heterocycles. The largest absolute Gasteiger partial charge is 0.445 e. The topological polar surface area (TPSA) is 102 Å². The number of carbonyl (C=O) groups is 2. The molecule has 0 saturated carbocycles. The number of hydrogen-bond acceptors (Lipinski definition) is 5. The van der Waals surface area contributed by atoms with Gasteiger partial charge in [0.2, 0.25) is 5.91 Å². The first-order chi connectivity index (χ1) is 11.8. The highest BCUT2D eigenvalue weighted by atomic mass is 32.2. The van der Waals surface area contributed by atoms with Crippen LogP contribution < -0.4 is 10.6 Å². The lowest BCUT2D eigenvalue weighted by atomic mass is 10.0. The van der Waals surface area contributed by atoms with Crippen LogP contribution in [0.15, 0.2) is 30.3 Å². The summed E-state index contributed by atoms with van der Waals surface area (Å²) in [6.45, 7) is 3.71. The molecule has 2 atom stereocenters. The standard InChI is InChI=1S/C17H24N2O5S/c1-12(2)15(16(20)18-14-8-9-25(22,23)11-14)19-17(21)24-10-13-6-4-3-5-7-13/h3-7,12,14-15H,8-11H2,1-2H3,(H,18,20)(H,19,21)/t14-,15-/m0/s1. The molecule has 0 radical (unpaired) electrons. The number of amides is 2. The number of sulfone groups is 1. The molecule has 2 N–H and O–H groups in total. The van der Waals surface area contributed by atoms with E-state index in [9.17, 15) is 18.0 Å². The van der Waals surface area contributed by atoms with Crippen molar-refractivity contribution in [2.45, 2.75) is 39.0 Å². The third-order valence-electron chi connectivity index (χ3n) is 4.01. The van der Waals surface area contributed by atoms with Crippen molar-refractivity contribution in [2.24, 2.45) is 5.92 Å². The highest BCUT2D eigenvalue weighted by Crippen LogP contribution is 2.12. The molecule has 7 nitrogen and oxygen atoms in total. The van der Waals surface area contributed by atoms with Crippen LogP contribution in [-0.2, 0) is 26.0 Å². The molecule has 1 fully saturated rings. The van der Waals surface area contributed by atoms with Crippen LogP contribution in [0.1, 0.15) is 25.8 Å². The van der Waals surface area contributed by atoms with E-state index in [-0.39, 0.29) is 24.0 Å². The Labute approximate surface area is 148 Å². The van der Waals surface area contributed by atoms with Gasteiger partial charge >= 0.3 is 6.09 Å². The Morgan fingerprint density at radius 3 is 2.48 bits per heavy atom. The van der Waals surface area contributed by atoms with Crippen LogP contribution in [0.2, 0.25) is 0 Å². The second-order valence-electron chi connectivity index (χ2n) is 6.54. The average Bonchev–Trinajstić information content (AvgIpc) is 2.89. The summed E-state index contributed by atoms with van der Waals surface area (Å²) in [6, 6.07) is 8.03. The molecule has 8 heteroatoms. The van der Waals surface area contributed by atoms with Gasteiger partial charge < -0.3 is 15.4 Å². The monoisotopic (exact) mass is 368 g/mol. The zero-order chi connectivity index (χ0) is 18.4. The van der Waals surface area contributed by atoms with Gasteiger partial charge in [0.1, 0.15) is 12.6 Å². The molecule has 25 heavy (non-hydrogen) atoms. The minimum absolute atomic E-state index is 0.0536. The van der Waals surface area contributed by atoms with Crippen molar-refractivity contribution in [2.75, 3.05) is 11.5 Å². The van der Waals surface area contributed by atoms with E-state index in [1.54, 1.807) is 13.8 Å². The van der Waals surface area contributed by atoms with Crippen LogP contribution in [-0.4, -0.2) is 44.0 Å². The van der Waals surface area contributed by atoms with Gasteiger partial charge in [-0.2, -0.15) is 0 Å². The highest BCUT2D eigenvalue weighted by molar-refractivity contribution is 7.91. The molecule has 2 amide bonds. The molecule has 0 aromatic heterocycles. The Bertz CT molecular complexity index is 703. The maximum atomic E-state index is 12.4. The fraction of sp³-hybridized carbons (Fsp3) is 0.529. The smallest absolute Gasteiger partial charge is 0.408 e. The van der Waals surface area contributed by atoms with E-state index < -0.39 is 33.9 Å². The van der Waals surface area contributed by atoms with Gasteiger partial charge in [-0.25, -0.2) is 13.2 Å². The van der Waals surface area contributed by atoms with Crippen molar-refractivity contribution in [3.63, 3.8) is 0 Å². The number of carbonyl (C=O) groups excluding carboxylic acids is 2. The van der Waals surface area contributed by atoms with E-state index in [1.165, 1.54) is 0 Å². The summed E-state index contributed by atoms with van der Waals surface area (Å²) in [5.41, 5.74) is 0.847. The van der Waals surface area contributed by atoms with Gasteiger partial charge in [-0.1, -0.05) is 44.2 Å². The lowest BCUT2D eigenvalue weighted by molar-refractivity contribution is -0.124. The number of hydrogen-bond donors (Lipinski definition) is 2. The summed E-state index contributed by atoms with van der Waals surface area (Å²) in [5.74, 6) is -0.533. The Kier molecular flexibility index (Phi) is 6.41. The predicted molar refractivity (Wildman–Crippen MR) is 93.6 cm³/mol.